The van der Waals surface area contributed by atoms with Gasteiger partial charge in [0.2, 0.25) is 0 Å². The largest absolute Gasteiger partial charge is 0.394 e. The summed E-state index contributed by atoms with van der Waals surface area (Å²) in [5.74, 6) is 0. The van der Waals surface area contributed by atoms with Crippen LogP contribution in [0.2, 0.25) is 0 Å². The molecule has 0 saturated heterocycles. The van der Waals surface area contributed by atoms with Crippen LogP contribution < -0.4 is 0 Å². The molecule has 0 saturated carbocycles. The second-order valence-corrected chi connectivity index (χ2v) is 4.29. The average molecular weight is 201 g/mol. The molecule has 1 aliphatic heterocycles. The first-order chi connectivity index (χ1) is 7.40. The van der Waals surface area contributed by atoms with E-state index < -0.39 is 0 Å². The molecule has 15 heavy (non-hydrogen) atoms. The number of aliphatic hydroxyl groups is 1. The van der Waals surface area contributed by atoms with Crippen molar-refractivity contribution < 1.29 is 5.11 Å². The van der Waals surface area contributed by atoms with Crippen molar-refractivity contribution in [2.75, 3.05) is 6.61 Å². The third kappa shape index (κ3) is 1.29. The maximum Gasteiger partial charge on any atom is 0.0639 e. The van der Waals surface area contributed by atoms with Gasteiger partial charge in [-0.05, 0) is 36.8 Å². The summed E-state index contributed by atoms with van der Waals surface area (Å²) in [6, 6.07) is 11.0. The lowest BCUT2D eigenvalue weighted by Crippen LogP contribution is -2.20. The number of rotatable bonds is 1. The van der Waals surface area contributed by atoms with Crippen molar-refractivity contribution in [3.05, 3.63) is 36.0 Å². The molecular weight excluding hydrogens is 186 g/mol. The second kappa shape index (κ2) is 3.38. The Morgan fingerprint density at radius 3 is 3.07 bits per heavy atom. The molecule has 2 aromatic rings. The molecule has 0 bridgehead atoms. The number of nitrogens with zero attached hydrogens (tertiary/aromatic N) is 1. The average Bonchev–Trinajstić information content (AvgIpc) is 2.67. The van der Waals surface area contributed by atoms with E-state index in [4.69, 9.17) is 0 Å². The monoisotopic (exact) mass is 201 g/mol. The first-order valence-electron chi connectivity index (χ1n) is 5.60. The molecule has 0 spiro atoms. The van der Waals surface area contributed by atoms with E-state index in [1.807, 2.05) is 0 Å². The van der Waals surface area contributed by atoms with Gasteiger partial charge in [-0.15, -0.1) is 0 Å². The molecule has 1 aliphatic rings. The quantitative estimate of drug-likeness (QED) is 0.753. The minimum atomic E-state index is 0.256. The molecule has 0 aliphatic carbocycles. The van der Waals surface area contributed by atoms with Crippen LogP contribution in [-0.4, -0.2) is 16.3 Å². The molecule has 1 aromatic heterocycles. The predicted molar refractivity (Wildman–Crippen MR) is 61.0 cm³/mol. The highest BCUT2D eigenvalue weighted by molar-refractivity contribution is 5.81. The van der Waals surface area contributed by atoms with E-state index in [1.54, 1.807) is 0 Å². The van der Waals surface area contributed by atoms with Crippen LogP contribution in [0.4, 0.5) is 0 Å². The van der Waals surface area contributed by atoms with Gasteiger partial charge in [0.25, 0.3) is 0 Å². The molecule has 78 valence electrons. The minimum Gasteiger partial charge on any atom is -0.394 e. The molecule has 1 aromatic carbocycles. The van der Waals surface area contributed by atoms with E-state index in [0.717, 1.165) is 12.8 Å². The molecule has 2 heteroatoms. The van der Waals surface area contributed by atoms with Crippen molar-refractivity contribution in [1.82, 2.24) is 4.57 Å². The summed E-state index contributed by atoms with van der Waals surface area (Å²) in [6.45, 7) is 0.256. The highest BCUT2D eigenvalue weighted by atomic mass is 16.3. The number of hydrogen-bond donors (Lipinski definition) is 1. The van der Waals surface area contributed by atoms with Gasteiger partial charge in [-0.3, -0.25) is 0 Å². The van der Waals surface area contributed by atoms with Crippen LogP contribution in [0, 0.1) is 0 Å². The van der Waals surface area contributed by atoms with Crippen molar-refractivity contribution in [3.8, 4) is 0 Å². The number of fused-ring (bicyclic) bond motifs is 3. The zero-order valence-corrected chi connectivity index (χ0v) is 8.69. The number of aromatic nitrogens is 1. The number of aliphatic hydroxyl groups excluding tert-OH is 1. The Morgan fingerprint density at radius 2 is 2.20 bits per heavy atom. The maximum absolute atomic E-state index is 9.39. The molecular formula is C13H15NO. The molecule has 0 amide bonds. The third-order valence-electron chi connectivity index (χ3n) is 3.37. The summed E-state index contributed by atoms with van der Waals surface area (Å²) >= 11 is 0. The molecule has 1 unspecified atom stereocenters. The lowest BCUT2D eigenvalue weighted by atomic mass is 10.0. The van der Waals surface area contributed by atoms with Crippen LogP contribution in [0.15, 0.2) is 30.3 Å². The molecule has 2 nitrogen and oxygen atoms in total. The van der Waals surface area contributed by atoms with Gasteiger partial charge in [0, 0.05) is 11.2 Å². The minimum absolute atomic E-state index is 0.256. The first kappa shape index (κ1) is 8.98. The smallest absolute Gasteiger partial charge is 0.0639 e. The van der Waals surface area contributed by atoms with Crippen LogP contribution in [0.25, 0.3) is 10.9 Å². The number of para-hydroxylation sites is 1. The van der Waals surface area contributed by atoms with E-state index in [-0.39, 0.29) is 12.6 Å². The van der Waals surface area contributed by atoms with Crippen LogP contribution >= 0.6 is 0 Å². The SMILES string of the molecule is OCC1CCCc2cc3ccccc3n21. The van der Waals surface area contributed by atoms with Gasteiger partial charge in [0.15, 0.2) is 0 Å². The zero-order chi connectivity index (χ0) is 10.3. The Morgan fingerprint density at radius 1 is 1.33 bits per heavy atom. The zero-order valence-electron chi connectivity index (χ0n) is 8.69. The molecule has 3 rings (SSSR count). The Balaban J connectivity index is 2.27. The van der Waals surface area contributed by atoms with Crippen molar-refractivity contribution in [3.63, 3.8) is 0 Å². The van der Waals surface area contributed by atoms with E-state index in [9.17, 15) is 5.11 Å². The molecule has 2 heterocycles. The van der Waals surface area contributed by atoms with E-state index >= 15 is 0 Å². The lowest BCUT2D eigenvalue weighted by molar-refractivity contribution is 0.210. The van der Waals surface area contributed by atoms with Gasteiger partial charge in [-0.1, -0.05) is 18.2 Å². The van der Waals surface area contributed by atoms with Crippen molar-refractivity contribution >= 4 is 10.9 Å². The fourth-order valence-corrected chi connectivity index (χ4v) is 2.68. The second-order valence-electron chi connectivity index (χ2n) is 4.29. The highest BCUT2D eigenvalue weighted by Crippen LogP contribution is 2.31. The maximum atomic E-state index is 9.39. The van der Waals surface area contributed by atoms with Gasteiger partial charge in [-0.25, -0.2) is 0 Å². The fraction of sp³-hybridized carbons (Fsp3) is 0.385. The molecule has 1 atom stereocenters. The molecule has 1 N–H and O–H groups in total. The normalized spacial score (nSPS) is 20.5. The Bertz CT molecular complexity index is 486. The fourth-order valence-electron chi connectivity index (χ4n) is 2.68. The summed E-state index contributed by atoms with van der Waals surface area (Å²) < 4.78 is 2.32. The standard InChI is InChI=1S/C13H15NO/c15-9-12-6-3-5-11-8-10-4-1-2-7-13(10)14(11)12/h1-2,4,7-8,12,15H,3,5-6,9H2. The van der Waals surface area contributed by atoms with Crippen LogP contribution in [0.1, 0.15) is 24.6 Å². The first-order valence-corrected chi connectivity index (χ1v) is 5.60. The predicted octanol–water partition coefficient (Wildman–Crippen LogP) is 2.51. The van der Waals surface area contributed by atoms with Crippen LogP contribution in [0.3, 0.4) is 0 Å². The van der Waals surface area contributed by atoms with Gasteiger partial charge >= 0.3 is 0 Å². The summed E-state index contributed by atoms with van der Waals surface area (Å²) in [5, 5.41) is 10.7. The van der Waals surface area contributed by atoms with E-state index in [0.29, 0.717) is 0 Å². The Hall–Kier alpha value is -1.28. The number of benzene rings is 1. The summed E-state index contributed by atoms with van der Waals surface area (Å²) in [5.41, 5.74) is 2.65. The van der Waals surface area contributed by atoms with Crippen molar-refractivity contribution in [2.45, 2.75) is 25.3 Å². The number of aryl methyl sites for hydroxylation is 1. The summed E-state index contributed by atoms with van der Waals surface area (Å²) in [4.78, 5) is 0. The summed E-state index contributed by atoms with van der Waals surface area (Å²) in [7, 11) is 0. The molecule has 0 fully saturated rings. The van der Waals surface area contributed by atoms with Crippen LogP contribution in [-0.2, 0) is 6.42 Å². The topological polar surface area (TPSA) is 25.2 Å². The van der Waals surface area contributed by atoms with Crippen LogP contribution in [0.5, 0.6) is 0 Å². The van der Waals surface area contributed by atoms with Crippen molar-refractivity contribution in [1.29, 1.82) is 0 Å². The third-order valence-corrected chi connectivity index (χ3v) is 3.37. The highest BCUT2D eigenvalue weighted by Gasteiger charge is 2.20. The van der Waals surface area contributed by atoms with Gasteiger partial charge in [-0.2, -0.15) is 0 Å². The Labute approximate surface area is 89.1 Å². The molecule has 0 radical (unpaired) electrons. The van der Waals surface area contributed by atoms with Gasteiger partial charge in [0.05, 0.1) is 12.6 Å². The van der Waals surface area contributed by atoms with Crippen molar-refractivity contribution in [2.24, 2.45) is 0 Å². The van der Waals surface area contributed by atoms with E-state index in [1.165, 1.54) is 23.0 Å². The lowest BCUT2D eigenvalue weighted by Gasteiger charge is -2.25. The van der Waals surface area contributed by atoms with Gasteiger partial charge < -0.3 is 9.67 Å². The summed E-state index contributed by atoms with van der Waals surface area (Å²) in [6.07, 6.45) is 3.44. The Kier molecular flexibility index (Phi) is 2.03. The van der Waals surface area contributed by atoms with E-state index in [2.05, 4.69) is 34.9 Å². The number of hydrogen-bond acceptors (Lipinski definition) is 1. The van der Waals surface area contributed by atoms with Gasteiger partial charge in [0.1, 0.15) is 0 Å².